The number of aromatic nitrogens is 3. The van der Waals surface area contributed by atoms with Gasteiger partial charge in [-0.25, -0.2) is 0 Å². The lowest BCUT2D eigenvalue weighted by molar-refractivity contribution is 0.668. The molecule has 0 atom stereocenters. The SMILES string of the molecule is N#Cc1ccc(-c2ccc3oc4ccc(C#N)cc4c3c2)c(-n2c3ccccc3c3ccc4c5ccccc5sc4c32)c1.N#Cc1ccc(-n2c3ccccc3c3ccc4c5ccccc5sc4c32)c(-c2ccc3oc4ccc(C#N)cc4c3c2)c1.N#Cc1ccc2oc3ccc(-c4cccc(C#N)c4-n4c5ccccc5c5ccc6c7ccccc7sc6c54)cc3c2c1. The van der Waals surface area contributed by atoms with E-state index in [1.807, 2.05) is 120 Å². The summed E-state index contributed by atoms with van der Waals surface area (Å²) in [6, 6.07) is 131. The summed E-state index contributed by atoms with van der Waals surface area (Å²) in [4.78, 5) is 0. The molecule has 0 N–H and O–H groups in total. The van der Waals surface area contributed by atoms with Crippen LogP contribution >= 0.6 is 34.0 Å². The van der Waals surface area contributed by atoms with Gasteiger partial charge >= 0.3 is 0 Å². The van der Waals surface area contributed by atoms with Crippen LogP contribution in [0.15, 0.2) is 359 Å². The number of furan rings is 3. The molecule has 15 heteroatoms. The molecule has 0 amide bonds. The third-order valence-electron chi connectivity index (χ3n) is 25.4. The minimum Gasteiger partial charge on any atom is -0.456 e. The first-order valence-corrected chi connectivity index (χ1v) is 44.3. The molecule has 0 aliphatic rings. The van der Waals surface area contributed by atoms with E-state index in [9.17, 15) is 31.6 Å². The Bertz CT molecular complexity index is 9790. The van der Waals surface area contributed by atoms with Crippen LogP contribution in [0.1, 0.15) is 33.4 Å². The van der Waals surface area contributed by atoms with E-state index < -0.39 is 0 Å². The Hall–Kier alpha value is -17.6. The van der Waals surface area contributed by atoms with Gasteiger partial charge in [0.25, 0.3) is 0 Å². The van der Waals surface area contributed by atoms with Gasteiger partial charge in [0, 0.05) is 128 Å². The van der Waals surface area contributed by atoms with Crippen molar-refractivity contribution in [1.82, 2.24) is 13.7 Å². The third kappa shape index (κ3) is 11.4. The van der Waals surface area contributed by atoms with Crippen molar-refractivity contribution in [3.05, 3.63) is 379 Å². The fourth-order valence-corrected chi connectivity index (χ4v) is 23.4. The monoisotopic (exact) mass is 1700 g/mol. The quantitative estimate of drug-likeness (QED) is 0.155. The van der Waals surface area contributed by atoms with Crippen LogP contribution in [0.2, 0.25) is 0 Å². The number of benzene rings is 18. The van der Waals surface area contributed by atoms with Crippen LogP contribution in [0.25, 0.3) is 242 Å². The molecular weight excluding hydrogens is 1640 g/mol. The van der Waals surface area contributed by atoms with Crippen LogP contribution in [0.3, 0.4) is 0 Å². The normalized spacial score (nSPS) is 11.7. The van der Waals surface area contributed by atoms with E-state index in [1.165, 1.54) is 87.6 Å². The van der Waals surface area contributed by atoms with Crippen molar-refractivity contribution < 1.29 is 13.3 Å². The second-order valence-corrected chi connectivity index (χ2v) is 35.4. The predicted octanol–water partition coefficient (Wildman–Crippen LogP) is 31.4. The zero-order valence-electron chi connectivity index (χ0n) is 67.9. The highest BCUT2D eigenvalue weighted by Gasteiger charge is 2.27. The van der Waals surface area contributed by atoms with Crippen LogP contribution in [-0.4, -0.2) is 13.7 Å². The van der Waals surface area contributed by atoms with Crippen molar-refractivity contribution in [1.29, 1.82) is 31.6 Å². The van der Waals surface area contributed by atoms with Gasteiger partial charge < -0.3 is 27.0 Å². The summed E-state index contributed by atoms with van der Waals surface area (Å²) in [7, 11) is 0. The van der Waals surface area contributed by atoms with Gasteiger partial charge in [0.1, 0.15) is 39.6 Å². The number of hydrogen-bond acceptors (Lipinski definition) is 12. The van der Waals surface area contributed by atoms with Crippen molar-refractivity contribution in [2.45, 2.75) is 0 Å². The summed E-state index contributed by atoms with van der Waals surface area (Å²) in [5, 5.41) is 79.0. The first-order chi connectivity index (χ1) is 63.7. The molecule has 0 aliphatic heterocycles. The second kappa shape index (κ2) is 29.0. The van der Waals surface area contributed by atoms with E-state index in [0.29, 0.717) is 33.4 Å². The molecular formula is C114H57N9O3S3. The standard InChI is InChI=1S/3C38H19N3OS/c39-20-22-12-16-33-30(18-22)31-19-23(13-17-34(31)42-33)25-9-5-6-24(21-40)36(25)41-32-10-3-1-7-26(32)28-14-15-29-27-8-2-4-11-35(27)43-38(29)37(28)41;39-20-22-9-14-33(29(17-22)24-11-16-35-31(19-24)30-18-23(21-40)10-15-34(30)42-35)41-32-7-3-1-5-25(32)27-12-13-28-26-6-2-4-8-36(26)43-38(28)37(27)41;39-20-22-10-15-34-30(17-22)31-19-24(11-16-35(31)42-34)25-12-9-23(21-40)18-33(25)41-32-7-3-1-5-26(32)28-13-14-29-27-6-2-4-8-36(27)43-38(29)37(28)41/h3*1-19H. The van der Waals surface area contributed by atoms with Gasteiger partial charge in [-0.1, -0.05) is 182 Å². The summed E-state index contributed by atoms with van der Waals surface area (Å²) in [6.45, 7) is 0. The Morgan fingerprint density at radius 3 is 0.961 bits per heavy atom. The lowest BCUT2D eigenvalue weighted by atomic mass is 9.98. The number of rotatable bonds is 6. The number of nitrogens with zero attached hydrogens (tertiary/aromatic N) is 9. The van der Waals surface area contributed by atoms with Gasteiger partial charge in [-0.3, -0.25) is 0 Å². The zero-order valence-corrected chi connectivity index (χ0v) is 70.3. The third-order valence-corrected chi connectivity index (χ3v) is 29.0. The first-order valence-electron chi connectivity index (χ1n) is 41.9. The molecule has 0 saturated carbocycles. The van der Waals surface area contributed by atoms with Gasteiger partial charge in [-0.05, 0) is 180 Å². The van der Waals surface area contributed by atoms with Crippen molar-refractivity contribution >= 4 is 226 Å². The maximum absolute atomic E-state index is 10.5. The summed E-state index contributed by atoms with van der Waals surface area (Å²) in [5.41, 5.74) is 23.4. The smallest absolute Gasteiger partial charge is 0.135 e. The molecule has 9 aromatic heterocycles. The molecule has 0 saturated heterocycles. The number of fused-ring (bicyclic) bond motifs is 30. The molecule has 12 nitrogen and oxygen atoms in total. The highest BCUT2D eigenvalue weighted by atomic mass is 32.1. The van der Waals surface area contributed by atoms with Gasteiger partial charge in [0.2, 0.25) is 0 Å². The largest absolute Gasteiger partial charge is 0.456 e. The lowest BCUT2D eigenvalue weighted by Gasteiger charge is -2.16. The van der Waals surface area contributed by atoms with Crippen LogP contribution in [0, 0.1) is 68.0 Å². The minimum absolute atomic E-state index is 0.588. The van der Waals surface area contributed by atoms with Crippen LogP contribution in [0.4, 0.5) is 0 Å². The minimum atomic E-state index is 0.588. The molecule has 27 rings (SSSR count). The summed E-state index contributed by atoms with van der Waals surface area (Å²) >= 11 is 5.43. The average Bonchev–Trinajstić information content (AvgIpc) is 1.56. The predicted molar refractivity (Wildman–Crippen MR) is 527 cm³/mol. The Morgan fingerprint density at radius 1 is 0.209 bits per heavy atom. The van der Waals surface area contributed by atoms with E-state index in [0.717, 1.165) is 155 Å². The van der Waals surface area contributed by atoms with Crippen LogP contribution < -0.4 is 0 Å². The first kappa shape index (κ1) is 74.0. The van der Waals surface area contributed by atoms with E-state index in [2.05, 4.69) is 281 Å². The topological polar surface area (TPSA) is 197 Å². The summed E-state index contributed by atoms with van der Waals surface area (Å²) in [5.74, 6) is 0. The van der Waals surface area contributed by atoms with E-state index in [-0.39, 0.29) is 0 Å². The maximum atomic E-state index is 10.5. The van der Waals surface area contributed by atoms with Gasteiger partial charge in [-0.15, -0.1) is 34.0 Å². The van der Waals surface area contributed by atoms with Gasteiger partial charge in [-0.2, -0.15) is 31.6 Å². The number of hydrogen-bond donors (Lipinski definition) is 0. The summed E-state index contributed by atoms with van der Waals surface area (Å²) in [6.07, 6.45) is 0. The fraction of sp³-hybridized carbons (Fsp3) is 0. The number of thiophene rings is 3. The molecule has 0 spiro atoms. The average molecular weight is 1700 g/mol. The molecule has 9 heterocycles. The van der Waals surface area contributed by atoms with Crippen LogP contribution in [-0.2, 0) is 0 Å². The van der Waals surface area contributed by atoms with Gasteiger partial charge in [0.05, 0.1) is 128 Å². The molecule has 0 bridgehead atoms. The lowest BCUT2D eigenvalue weighted by Crippen LogP contribution is -2.01. The second-order valence-electron chi connectivity index (χ2n) is 32.3. The molecule has 0 unspecified atom stereocenters. The van der Waals surface area contributed by atoms with Crippen molar-refractivity contribution in [2.24, 2.45) is 0 Å². The Kier molecular flexibility index (Phi) is 16.6. The maximum Gasteiger partial charge on any atom is 0.135 e. The van der Waals surface area contributed by atoms with Crippen LogP contribution in [0.5, 0.6) is 0 Å². The molecule has 27 aromatic rings. The molecule has 0 fully saturated rings. The number of para-hydroxylation sites is 4. The molecule has 0 aliphatic carbocycles. The molecule has 129 heavy (non-hydrogen) atoms. The highest BCUT2D eigenvalue weighted by Crippen LogP contribution is 2.51. The van der Waals surface area contributed by atoms with E-state index in [1.54, 1.807) is 29.5 Å². The Labute approximate surface area is 744 Å². The molecule has 594 valence electrons. The van der Waals surface area contributed by atoms with Crippen molar-refractivity contribution in [3.8, 4) is 86.9 Å². The van der Waals surface area contributed by atoms with E-state index >= 15 is 0 Å². The van der Waals surface area contributed by atoms with Crippen molar-refractivity contribution in [2.75, 3.05) is 0 Å². The molecule has 18 aromatic carbocycles. The summed E-state index contributed by atoms with van der Waals surface area (Å²) < 4.78 is 32.8. The molecule has 0 radical (unpaired) electrons. The fourth-order valence-electron chi connectivity index (χ4n) is 19.6. The number of nitriles is 6. The van der Waals surface area contributed by atoms with Crippen molar-refractivity contribution in [3.63, 3.8) is 0 Å². The zero-order chi connectivity index (χ0) is 86.0. The highest BCUT2D eigenvalue weighted by molar-refractivity contribution is 7.27. The van der Waals surface area contributed by atoms with Gasteiger partial charge in [0.15, 0.2) is 0 Å². The Balaban J connectivity index is 0.000000105. The van der Waals surface area contributed by atoms with E-state index in [4.69, 9.17) is 13.3 Å². The Morgan fingerprint density at radius 2 is 0.535 bits per heavy atom.